The summed E-state index contributed by atoms with van der Waals surface area (Å²) in [6.07, 6.45) is 26.1. The third-order valence-corrected chi connectivity index (χ3v) is 27.0. The summed E-state index contributed by atoms with van der Waals surface area (Å²) in [6, 6.07) is 24.1. The van der Waals surface area contributed by atoms with Gasteiger partial charge in [-0.25, -0.2) is 14.4 Å². The quantitative estimate of drug-likeness (QED) is 0.105. The predicted molar refractivity (Wildman–Crippen MR) is 425 cm³/mol. The minimum Gasteiger partial charge on any atom is -0.446 e. The highest BCUT2D eigenvalue weighted by Crippen LogP contribution is 2.59. The van der Waals surface area contributed by atoms with E-state index in [0.29, 0.717) is 79.8 Å². The van der Waals surface area contributed by atoms with E-state index in [1.54, 1.807) is 0 Å². The zero-order valence-corrected chi connectivity index (χ0v) is 70.2. The van der Waals surface area contributed by atoms with E-state index in [1.165, 1.54) is 69.6 Å². The summed E-state index contributed by atoms with van der Waals surface area (Å²) >= 11 is 0. The molecule has 2 aromatic carbocycles. The minimum atomic E-state index is -0.548. The van der Waals surface area contributed by atoms with Gasteiger partial charge in [-0.15, -0.1) is 0 Å². The molecule has 0 atom stereocenters. The van der Waals surface area contributed by atoms with Crippen LogP contribution in [0.3, 0.4) is 0 Å². The first-order valence-corrected chi connectivity index (χ1v) is 40.3. The van der Waals surface area contributed by atoms with Crippen molar-refractivity contribution < 1.29 is 42.8 Å². The number of hydrogen-bond donors (Lipinski definition) is 2. The Morgan fingerprint density at radius 3 is 0.931 bits per heavy atom. The van der Waals surface area contributed by atoms with Crippen LogP contribution in [0, 0.1) is 83.7 Å². The first-order chi connectivity index (χ1) is 47.4. The second-order valence-corrected chi connectivity index (χ2v) is 38.2. The van der Waals surface area contributed by atoms with E-state index in [9.17, 15) is 14.4 Å². The van der Waals surface area contributed by atoms with Crippen LogP contribution in [0.2, 0.25) is 0 Å². The average molecular weight is 1420 g/mol. The molecule has 5 saturated carbocycles. The number of methoxy groups -OCH3 is 1. The highest BCUT2D eigenvalue weighted by atomic mass is 16.7. The molecular formula is C90H153N3O9. The molecule has 5 aliphatic carbocycles. The lowest BCUT2D eigenvalue weighted by molar-refractivity contribution is -0.0700. The Morgan fingerprint density at radius 1 is 0.392 bits per heavy atom. The van der Waals surface area contributed by atoms with Crippen LogP contribution < -0.4 is 10.6 Å². The van der Waals surface area contributed by atoms with E-state index >= 15 is 0 Å². The summed E-state index contributed by atoms with van der Waals surface area (Å²) in [5.74, 6) is 3.43. The molecule has 12 nitrogen and oxygen atoms in total. The first kappa shape index (κ1) is 89.7. The lowest BCUT2D eigenvalue weighted by Crippen LogP contribution is -2.45. The van der Waals surface area contributed by atoms with Crippen molar-refractivity contribution in [2.45, 2.75) is 352 Å². The fourth-order valence-electron chi connectivity index (χ4n) is 20.0. The fraction of sp³-hybridized carbons (Fsp3) is 0.778. The molecule has 8 rings (SSSR count). The molecule has 0 saturated heterocycles. The van der Waals surface area contributed by atoms with Gasteiger partial charge in [-0.2, -0.15) is 0 Å². The largest absolute Gasteiger partial charge is 0.508 e. The van der Waals surface area contributed by atoms with E-state index in [-0.39, 0.29) is 41.3 Å². The number of pyridine rings is 1. The summed E-state index contributed by atoms with van der Waals surface area (Å²) in [5.41, 5.74) is 6.90. The molecule has 582 valence electrons. The molecule has 0 radical (unpaired) electrons. The molecule has 0 bridgehead atoms. The number of anilines is 1. The number of carbonyl (C=O) groups excluding carboxylic acids is 3. The zero-order valence-electron chi connectivity index (χ0n) is 70.2. The van der Waals surface area contributed by atoms with Gasteiger partial charge >= 0.3 is 18.3 Å². The fourth-order valence-corrected chi connectivity index (χ4v) is 20.0. The molecule has 2 amide bonds. The van der Waals surface area contributed by atoms with Crippen LogP contribution in [0.15, 0.2) is 85.2 Å². The normalized spacial score (nSPS) is 27.2. The first-order valence-electron chi connectivity index (χ1n) is 40.3. The molecular weight excluding hydrogens is 1270 g/mol. The molecule has 0 aliphatic heterocycles. The van der Waals surface area contributed by atoms with Crippen molar-refractivity contribution in [3.8, 4) is 0 Å². The van der Waals surface area contributed by atoms with Gasteiger partial charge in [0.15, 0.2) is 0 Å². The van der Waals surface area contributed by atoms with Gasteiger partial charge in [0.1, 0.15) is 18.3 Å². The van der Waals surface area contributed by atoms with Crippen molar-refractivity contribution in [1.29, 1.82) is 0 Å². The maximum absolute atomic E-state index is 12.0. The van der Waals surface area contributed by atoms with Gasteiger partial charge in [0, 0.05) is 24.6 Å². The number of aromatic nitrogens is 1. The Bertz CT molecular complexity index is 2740. The van der Waals surface area contributed by atoms with Crippen molar-refractivity contribution >= 4 is 24.0 Å². The number of nitrogens with one attached hydrogen (secondary N) is 2. The number of ether oxygens (including phenoxy) is 6. The Hall–Kier alpha value is -4.68. The van der Waals surface area contributed by atoms with Crippen LogP contribution in [0.4, 0.5) is 20.1 Å². The topological polar surface area (TPSA) is 144 Å². The predicted octanol–water partition coefficient (Wildman–Crippen LogP) is 25.7. The minimum absolute atomic E-state index is 0.0340. The van der Waals surface area contributed by atoms with Crippen LogP contribution >= 0.6 is 0 Å². The Balaban J connectivity index is 0.000000271. The van der Waals surface area contributed by atoms with Crippen LogP contribution in [-0.4, -0.2) is 67.5 Å². The number of hydrogen-bond acceptors (Lipinski definition) is 10. The van der Waals surface area contributed by atoms with Crippen LogP contribution in [0.5, 0.6) is 0 Å². The van der Waals surface area contributed by atoms with Crippen molar-refractivity contribution in [2.75, 3.05) is 19.0 Å². The molecule has 0 spiro atoms. The molecule has 1 aromatic heterocycles. The van der Waals surface area contributed by atoms with Gasteiger partial charge in [0.25, 0.3) is 0 Å². The summed E-state index contributed by atoms with van der Waals surface area (Å²) < 4.78 is 33.2. The summed E-state index contributed by atoms with van der Waals surface area (Å²) in [6.45, 7) is 63.1. The molecule has 0 unspecified atom stereocenters. The van der Waals surface area contributed by atoms with E-state index in [1.807, 2.05) is 61.8 Å². The number of para-hydroxylation sites is 1. The molecule has 5 fully saturated rings. The van der Waals surface area contributed by atoms with Gasteiger partial charge in [-0.1, -0.05) is 222 Å². The second-order valence-electron chi connectivity index (χ2n) is 38.2. The lowest BCUT2D eigenvalue weighted by Gasteiger charge is -2.52. The lowest BCUT2D eigenvalue weighted by atomic mass is 9.54. The van der Waals surface area contributed by atoms with Crippen LogP contribution in [0.1, 0.15) is 320 Å². The number of benzene rings is 2. The highest BCUT2D eigenvalue weighted by molar-refractivity contribution is 5.84. The third-order valence-electron chi connectivity index (χ3n) is 27.0. The second kappa shape index (κ2) is 39.3. The molecule has 5 aliphatic rings. The number of nitrogens with zero attached hydrogens (tertiary/aromatic N) is 1. The van der Waals surface area contributed by atoms with E-state index in [4.69, 9.17) is 23.7 Å². The van der Waals surface area contributed by atoms with Gasteiger partial charge < -0.3 is 33.7 Å². The number of rotatable bonds is 16. The van der Waals surface area contributed by atoms with Crippen molar-refractivity contribution in [3.05, 3.63) is 96.3 Å². The number of alkyl carbamates (subject to hydrolysis) is 1. The van der Waals surface area contributed by atoms with Gasteiger partial charge in [-0.05, 0) is 254 Å². The molecule has 102 heavy (non-hydrogen) atoms. The van der Waals surface area contributed by atoms with E-state index in [2.05, 4.69) is 224 Å². The van der Waals surface area contributed by atoms with Gasteiger partial charge in [-0.3, -0.25) is 10.3 Å². The molecule has 12 heteroatoms. The number of amides is 2. The smallest absolute Gasteiger partial charge is 0.446 e. The summed E-state index contributed by atoms with van der Waals surface area (Å²) in [5, 5.41) is 5.51. The van der Waals surface area contributed by atoms with Gasteiger partial charge in [0.05, 0.1) is 32.5 Å². The zero-order chi connectivity index (χ0) is 76.8. The summed E-state index contributed by atoms with van der Waals surface area (Å²) in [7, 11) is 1.36. The van der Waals surface area contributed by atoms with Crippen LogP contribution in [0.25, 0.3) is 0 Å². The molecule has 1 heterocycles. The Labute approximate surface area is 625 Å². The maximum Gasteiger partial charge on any atom is 0.508 e. The maximum atomic E-state index is 12.0. The van der Waals surface area contributed by atoms with Crippen molar-refractivity contribution in [2.24, 2.45) is 83.7 Å². The monoisotopic (exact) mass is 1420 g/mol. The Morgan fingerprint density at radius 2 is 0.657 bits per heavy atom. The third kappa shape index (κ3) is 24.7. The van der Waals surface area contributed by atoms with Crippen molar-refractivity contribution in [3.63, 3.8) is 0 Å². The molecule has 3 aromatic rings. The average Bonchev–Trinajstić information content (AvgIpc) is 0.805. The van der Waals surface area contributed by atoms with Crippen molar-refractivity contribution in [1.82, 2.24) is 10.3 Å². The number of carbonyl (C=O) groups is 3. The molecule has 2 N–H and O–H groups in total. The van der Waals surface area contributed by atoms with E-state index in [0.717, 1.165) is 108 Å². The van der Waals surface area contributed by atoms with Crippen LogP contribution in [-0.2, 0) is 41.6 Å². The standard InChI is InChI=1S/C20H31NO2.C20H32O.C19H31NO.C16H31NO2.C15H28O3/c1-15(2)20(19(3,4)5)13-11-17(12-14-20)23-18(22)21-16-9-7-6-8-10-16;1-16(2)20(19(3,4)5)13-11-18(12-14-20)21-15-17-9-7-6-8-10-17;1-15(2)19(18(3,4)5)10-6-17(7-11-19)21-14-16-8-12-20-13-9-16;1-7-17-14(18)19-13-8-10-16(11-9-13,12(2)3)15(4,5)6;1-11(2)15(14(3,4)5)9-7-12(8-10-15)18-13(16)17-6/h6-10,15,17H,11-14H2,1-5H3,(H,21,22);6-10,16,18H,11-15H2,1-5H3;8-9,12-13,15,17H,6-7,10-11,14H2,1-5H3;12-13H,7-11H2,1-6H3,(H,17,18);11-12H,7-10H2,1-6H3. The SMILES string of the molecule is CC(C)C1(C(C)(C)C)CCC(OC(=O)Nc2ccccc2)CC1.CC(C)C1(C(C)(C)C)CCC(OCc2ccccc2)CC1.CC(C)C1(C(C)(C)C)CCC(OCc2ccncc2)CC1.CCNC(=O)OC1CCC(C(C)C)(C(C)(C)C)CC1.COC(=O)OC1CCC(C(C)C)(C(C)(C)C)CC1. The highest BCUT2D eigenvalue weighted by Gasteiger charge is 2.51. The summed E-state index contributed by atoms with van der Waals surface area (Å²) in [4.78, 5) is 38.7. The van der Waals surface area contributed by atoms with Gasteiger partial charge in [0.2, 0.25) is 0 Å². The van der Waals surface area contributed by atoms with E-state index < -0.39 is 6.16 Å². The Kier molecular flexibility index (Phi) is 34.5.